The van der Waals surface area contributed by atoms with E-state index in [1.807, 2.05) is 31.2 Å². The summed E-state index contributed by atoms with van der Waals surface area (Å²) in [6, 6.07) is 7.57. The average Bonchev–Trinajstić information content (AvgIpc) is 3.03. The molecular formula is C19H21N3O4S. The van der Waals surface area contributed by atoms with Gasteiger partial charge in [-0.05, 0) is 30.2 Å². The molecule has 0 radical (unpaired) electrons. The first-order chi connectivity index (χ1) is 13.1. The Morgan fingerprint density at radius 2 is 1.85 bits per heavy atom. The van der Waals surface area contributed by atoms with Gasteiger partial charge in [-0.3, -0.25) is 4.79 Å². The molecule has 1 N–H and O–H groups in total. The fourth-order valence-electron chi connectivity index (χ4n) is 2.71. The zero-order valence-corrected chi connectivity index (χ0v) is 16.5. The smallest absolute Gasteiger partial charge is 0.261 e. The second kappa shape index (κ2) is 8.32. The van der Waals surface area contributed by atoms with E-state index in [9.17, 15) is 4.79 Å². The van der Waals surface area contributed by atoms with Crippen LogP contribution in [0, 0.1) is 6.92 Å². The summed E-state index contributed by atoms with van der Waals surface area (Å²) < 4.78 is 15.6. The Morgan fingerprint density at radius 3 is 2.48 bits per heavy atom. The quantitative estimate of drug-likeness (QED) is 0.671. The van der Waals surface area contributed by atoms with Crippen LogP contribution in [0.2, 0.25) is 0 Å². The van der Waals surface area contributed by atoms with Gasteiger partial charge in [0.2, 0.25) is 5.88 Å². The molecule has 0 aliphatic carbocycles. The fraction of sp³-hybridized carbons (Fsp3) is 0.316. The number of aryl methyl sites for hydroxylation is 1. The Hall–Kier alpha value is -2.71. The van der Waals surface area contributed by atoms with E-state index in [0.717, 1.165) is 22.3 Å². The van der Waals surface area contributed by atoms with Crippen molar-refractivity contribution in [2.45, 2.75) is 20.1 Å². The minimum Gasteiger partial charge on any atom is -0.497 e. The molecule has 2 aromatic heterocycles. The topological polar surface area (TPSA) is 82.6 Å². The molecule has 0 saturated carbocycles. The van der Waals surface area contributed by atoms with Gasteiger partial charge in [-0.15, -0.1) is 11.3 Å². The van der Waals surface area contributed by atoms with E-state index in [1.165, 1.54) is 11.3 Å². The van der Waals surface area contributed by atoms with Crippen molar-refractivity contribution < 1.29 is 19.0 Å². The molecule has 3 rings (SSSR count). The minimum absolute atomic E-state index is 0.151. The first kappa shape index (κ1) is 19.1. The van der Waals surface area contributed by atoms with Crippen molar-refractivity contribution in [3.8, 4) is 11.6 Å². The fourth-order valence-corrected chi connectivity index (χ4v) is 3.81. The molecule has 142 valence electrons. The third-order valence-electron chi connectivity index (χ3n) is 4.09. The first-order valence-corrected chi connectivity index (χ1v) is 9.13. The first-order valence-electron chi connectivity index (χ1n) is 8.31. The van der Waals surface area contributed by atoms with Crippen LogP contribution < -0.4 is 14.8 Å². The Kier molecular flexibility index (Phi) is 5.88. The molecule has 0 spiro atoms. The molecule has 0 unspecified atom stereocenters. The van der Waals surface area contributed by atoms with E-state index in [4.69, 9.17) is 14.2 Å². The molecule has 1 amide bonds. The predicted molar refractivity (Wildman–Crippen MR) is 104 cm³/mol. The van der Waals surface area contributed by atoms with E-state index in [0.29, 0.717) is 28.0 Å². The second-order valence-electron chi connectivity index (χ2n) is 5.85. The number of benzene rings is 1. The summed E-state index contributed by atoms with van der Waals surface area (Å²) in [4.78, 5) is 22.9. The van der Waals surface area contributed by atoms with Crippen molar-refractivity contribution in [1.29, 1.82) is 0 Å². The molecular weight excluding hydrogens is 366 g/mol. The summed E-state index contributed by atoms with van der Waals surface area (Å²) in [5.41, 5.74) is 1.80. The van der Waals surface area contributed by atoms with Gasteiger partial charge in [-0.25, -0.2) is 4.98 Å². The monoisotopic (exact) mass is 387 g/mol. The number of carbonyl (C=O) groups is 1. The van der Waals surface area contributed by atoms with Crippen molar-refractivity contribution in [3.05, 3.63) is 46.1 Å². The number of nitrogens with one attached hydrogen (secondary N) is 1. The molecule has 0 aliphatic rings. The van der Waals surface area contributed by atoms with Crippen LogP contribution in [0.4, 0.5) is 0 Å². The summed E-state index contributed by atoms with van der Waals surface area (Å²) in [6.45, 7) is 2.58. The Labute approximate surface area is 161 Å². The van der Waals surface area contributed by atoms with Crippen LogP contribution in [0.25, 0.3) is 10.2 Å². The molecule has 7 nitrogen and oxygen atoms in total. The lowest BCUT2D eigenvalue weighted by atomic mass is 10.2. The van der Waals surface area contributed by atoms with Crippen LogP contribution in [0.5, 0.6) is 11.6 Å². The van der Waals surface area contributed by atoms with Gasteiger partial charge >= 0.3 is 0 Å². The maximum atomic E-state index is 12.7. The van der Waals surface area contributed by atoms with Gasteiger partial charge in [-0.1, -0.05) is 12.1 Å². The van der Waals surface area contributed by atoms with E-state index >= 15 is 0 Å². The molecule has 0 fully saturated rings. The van der Waals surface area contributed by atoms with Gasteiger partial charge in [0.1, 0.15) is 17.2 Å². The summed E-state index contributed by atoms with van der Waals surface area (Å²) >= 11 is 1.32. The number of thiophene rings is 1. The molecule has 0 saturated heterocycles. The SMILES string of the molecule is COCc1nc(OC)c2c(C)c(C(=O)NCc3ccc(OC)cc3)sc2n1. The number of amides is 1. The average molecular weight is 387 g/mol. The summed E-state index contributed by atoms with van der Waals surface area (Å²) in [5.74, 6) is 1.60. The van der Waals surface area contributed by atoms with Crippen molar-refractivity contribution in [2.24, 2.45) is 0 Å². The highest BCUT2D eigenvalue weighted by Gasteiger charge is 2.21. The van der Waals surface area contributed by atoms with Crippen LogP contribution in [-0.2, 0) is 17.9 Å². The van der Waals surface area contributed by atoms with Crippen LogP contribution in [0.3, 0.4) is 0 Å². The number of methoxy groups -OCH3 is 3. The highest BCUT2D eigenvalue weighted by Crippen LogP contribution is 2.35. The van der Waals surface area contributed by atoms with Gasteiger partial charge < -0.3 is 19.5 Å². The summed E-state index contributed by atoms with van der Waals surface area (Å²) in [5, 5.41) is 3.71. The van der Waals surface area contributed by atoms with Crippen molar-refractivity contribution in [2.75, 3.05) is 21.3 Å². The molecule has 0 aliphatic heterocycles. The second-order valence-corrected chi connectivity index (χ2v) is 6.85. The van der Waals surface area contributed by atoms with Gasteiger partial charge in [0.25, 0.3) is 5.91 Å². The van der Waals surface area contributed by atoms with Crippen molar-refractivity contribution >= 4 is 27.5 Å². The normalized spacial score (nSPS) is 10.8. The maximum absolute atomic E-state index is 12.7. The Morgan fingerprint density at radius 1 is 1.11 bits per heavy atom. The molecule has 3 aromatic rings. The summed E-state index contributed by atoms with van der Waals surface area (Å²) in [6.07, 6.45) is 0. The number of hydrogen-bond donors (Lipinski definition) is 1. The lowest BCUT2D eigenvalue weighted by molar-refractivity contribution is 0.0954. The molecule has 1 aromatic carbocycles. The number of nitrogens with zero attached hydrogens (tertiary/aromatic N) is 2. The number of carbonyl (C=O) groups excluding carboxylic acids is 1. The lowest BCUT2D eigenvalue weighted by Crippen LogP contribution is -2.22. The van der Waals surface area contributed by atoms with E-state index in [2.05, 4.69) is 15.3 Å². The van der Waals surface area contributed by atoms with Gasteiger partial charge in [0, 0.05) is 13.7 Å². The molecule has 27 heavy (non-hydrogen) atoms. The number of hydrogen-bond acceptors (Lipinski definition) is 7. The Bertz CT molecular complexity index is 954. The van der Waals surface area contributed by atoms with Gasteiger partial charge in [0.15, 0.2) is 5.82 Å². The van der Waals surface area contributed by atoms with E-state index in [1.54, 1.807) is 21.3 Å². The number of aromatic nitrogens is 2. The van der Waals surface area contributed by atoms with Crippen molar-refractivity contribution in [3.63, 3.8) is 0 Å². The summed E-state index contributed by atoms with van der Waals surface area (Å²) in [7, 11) is 4.76. The third kappa shape index (κ3) is 4.01. The molecule has 0 bridgehead atoms. The predicted octanol–water partition coefficient (Wildman–Crippen LogP) is 3.09. The zero-order valence-electron chi connectivity index (χ0n) is 15.7. The van der Waals surface area contributed by atoms with Crippen molar-refractivity contribution in [1.82, 2.24) is 15.3 Å². The highest BCUT2D eigenvalue weighted by atomic mass is 32.1. The third-order valence-corrected chi connectivity index (χ3v) is 5.27. The standard InChI is InChI=1S/C19H21N3O4S/c1-11-15-18(26-4)21-14(10-24-2)22-19(15)27-16(11)17(23)20-9-12-5-7-13(25-3)8-6-12/h5-8H,9-10H2,1-4H3,(H,20,23). The maximum Gasteiger partial charge on any atom is 0.261 e. The van der Waals surface area contributed by atoms with E-state index < -0.39 is 0 Å². The highest BCUT2D eigenvalue weighted by molar-refractivity contribution is 7.20. The number of rotatable bonds is 7. The van der Waals surface area contributed by atoms with Crippen LogP contribution >= 0.6 is 11.3 Å². The molecule has 8 heteroatoms. The minimum atomic E-state index is -0.151. The Balaban J connectivity index is 1.84. The zero-order chi connectivity index (χ0) is 19.4. The molecule has 0 atom stereocenters. The van der Waals surface area contributed by atoms with Crippen LogP contribution in [0.15, 0.2) is 24.3 Å². The number of ether oxygens (including phenoxy) is 3. The van der Waals surface area contributed by atoms with Crippen LogP contribution in [-0.4, -0.2) is 37.2 Å². The van der Waals surface area contributed by atoms with Gasteiger partial charge in [-0.2, -0.15) is 4.98 Å². The largest absolute Gasteiger partial charge is 0.497 e. The molecule has 2 heterocycles. The van der Waals surface area contributed by atoms with Gasteiger partial charge in [0.05, 0.1) is 24.5 Å². The van der Waals surface area contributed by atoms with E-state index in [-0.39, 0.29) is 12.5 Å². The number of fused-ring (bicyclic) bond motifs is 1. The lowest BCUT2D eigenvalue weighted by Gasteiger charge is -2.06. The van der Waals surface area contributed by atoms with Crippen LogP contribution in [0.1, 0.15) is 26.6 Å².